The number of aliphatic imine (C=N–C) groups is 1. The third-order valence-corrected chi connectivity index (χ3v) is 4.59. The molecular weight excluding hydrogens is 300 g/mol. The van der Waals surface area contributed by atoms with Crippen molar-refractivity contribution >= 4 is 5.96 Å². The third-order valence-electron chi connectivity index (χ3n) is 4.59. The van der Waals surface area contributed by atoms with Gasteiger partial charge in [0.15, 0.2) is 5.96 Å². The number of hydrogen-bond donors (Lipinski definition) is 3. The van der Waals surface area contributed by atoms with E-state index < -0.39 is 0 Å². The van der Waals surface area contributed by atoms with E-state index in [0.717, 1.165) is 63.7 Å². The van der Waals surface area contributed by atoms with Crippen molar-refractivity contribution in [3.05, 3.63) is 29.8 Å². The average Bonchev–Trinajstić information content (AvgIpc) is 2.64. The summed E-state index contributed by atoms with van der Waals surface area (Å²) >= 11 is 0. The van der Waals surface area contributed by atoms with Crippen LogP contribution in [0.15, 0.2) is 29.3 Å². The molecule has 0 saturated heterocycles. The Morgan fingerprint density at radius 3 is 3.00 bits per heavy atom. The van der Waals surface area contributed by atoms with Crippen LogP contribution >= 0.6 is 0 Å². The van der Waals surface area contributed by atoms with Crippen molar-refractivity contribution in [2.45, 2.75) is 44.6 Å². The van der Waals surface area contributed by atoms with E-state index >= 15 is 0 Å². The minimum atomic E-state index is 0.317. The topological polar surface area (TPSA) is 57.7 Å². The molecule has 2 aliphatic rings. The molecule has 5 heteroatoms. The van der Waals surface area contributed by atoms with Crippen LogP contribution in [0.5, 0.6) is 5.75 Å². The lowest BCUT2D eigenvalue weighted by Gasteiger charge is -2.26. The molecule has 1 unspecified atom stereocenters. The van der Waals surface area contributed by atoms with Gasteiger partial charge in [0.05, 0.1) is 0 Å². The fraction of sp³-hybridized carbons (Fsp3) is 0.632. The molecule has 0 bridgehead atoms. The summed E-state index contributed by atoms with van der Waals surface area (Å²) in [5.41, 5.74) is 1.35. The molecule has 3 rings (SSSR count). The van der Waals surface area contributed by atoms with Crippen LogP contribution in [0.2, 0.25) is 0 Å². The molecule has 0 fully saturated rings. The van der Waals surface area contributed by atoms with Crippen LogP contribution in [0.1, 0.15) is 37.7 Å². The van der Waals surface area contributed by atoms with Crippen LogP contribution in [0.25, 0.3) is 0 Å². The van der Waals surface area contributed by atoms with Crippen LogP contribution < -0.4 is 20.7 Å². The van der Waals surface area contributed by atoms with Crippen molar-refractivity contribution in [2.75, 3.05) is 32.7 Å². The Bertz CT molecular complexity index is 532. The standard InChI is InChI=1S/C19H30N4O/c1(5-12-21-19-22-13-6-14-23-19)4-11-20-15-17-10-9-16-7-2-3-8-18(16)24-17/h2-3,7-8,17,20H,1,4-6,9-15H2,(H2,21,22,23). The minimum Gasteiger partial charge on any atom is -0.489 e. The molecule has 1 aromatic carbocycles. The molecule has 5 nitrogen and oxygen atoms in total. The fourth-order valence-corrected chi connectivity index (χ4v) is 3.20. The molecule has 2 heterocycles. The smallest absolute Gasteiger partial charge is 0.191 e. The van der Waals surface area contributed by atoms with Gasteiger partial charge in [0, 0.05) is 26.2 Å². The summed E-state index contributed by atoms with van der Waals surface area (Å²) in [4.78, 5) is 4.41. The SMILES string of the molecule is c1ccc2c(c1)CCC(CNCCCCCNC1=NCCCN1)O2. The summed E-state index contributed by atoms with van der Waals surface area (Å²) in [7, 11) is 0. The van der Waals surface area contributed by atoms with E-state index in [2.05, 4.69) is 45.2 Å². The Hall–Kier alpha value is -1.75. The lowest BCUT2D eigenvalue weighted by molar-refractivity contribution is 0.170. The van der Waals surface area contributed by atoms with E-state index in [1.807, 2.05) is 0 Å². The maximum absolute atomic E-state index is 6.05. The third kappa shape index (κ3) is 5.41. The molecule has 0 aliphatic carbocycles. The Kier molecular flexibility index (Phi) is 6.78. The fourth-order valence-electron chi connectivity index (χ4n) is 3.20. The number of guanidine groups is 1. The number of benzene rings is 1. The van der Waals surface area contributed by atoms with Gasteiger partial charge in [0.25, 0.3) is 0 Å². The van der Waals surface area contributed by atoms with Gasteiger partial charge in [-0.3, -0.25) is 4.99 Å². The van der Waals surface area contributed by atoms with Gasteiger partial charge in [-0.05, 0) is 50.3 Å². The number of aryl methyl sites for hydroxylation is 1. The van der Waals surface area contributed by atoms with E-state index in [1.54, 1.807) is 0 Å². The molecule has 2 aliphatic heterocycles. The van der Waals surface area contributed by atoms with E-state index in [4.69, 9.17) is 4.74 Å². The van der Waals surface area contributed by atoms with Crippen molar-refractivity contribution in [2.24, 2.45) is 4.99 Å². The molecule has 132 valence electrons. The maximum Gasteiger partial charge on any atom is 0.191 e. The van der Waals surface area contributed by atoms with Crippen LogP contribution in [-0.2, 0) is 6.42 Å². The summed E-state index contributed by atoms with van der Waals surface area (Å²) in [6.45, 7) is 5.03. The quantitative estimate of drug-likeness (QED) is 0.639. The van der Waals surface area contributed by atoms with E-state index in [0.29, 0.717) is 6.10 Å². The number of nitrogens with one attached hydrogen (secondary N) is 3. The second kappa shape index (κ2) is 9.52. The van der Waals surface area contributed by atoms with Crippen LogP contribution in [0.3, 0.4) is 0 Å². The molecule has 1 aromatic rings. The zero-order valence-corrected chi connectivity index (χ0v) is 14.5. The Morgan fingerprint density at radius 2 is 2.08 bits per heavy atom. The highest BCUT2D eigenvalue weighted by Gasteiger charge is 2.18. The van der Waals surface area contributed by atoms with Crippen molar-refractivity contribution in [1.82, 2.24) is 16.0 Å². The van der Waals surface area contributed by atoms with Gasteiger partial charge in [-0.25, -0.2) is 0 Å². The molecule has 0 radical (unpaired) electrons. The van der Waals surface area contributed by atoms with Gasteiger partial charge < -0.3 is 20.7 Å². The zero-order chi connectivity index (χ0) is 16.5. The summed E-state index contributed by atoms with van der Waals surface area (Å²) in [5, 5.41) is 10.2. The first-order valence-corrected chi connectivity index (χ1v) is 9.39. The highest BCUT2D eigenvalue weighted by Crippen LogP contribution is 2.26. The Balaban J connectivity index is 1.19. The molecule has 1 atom stereocenters. The number of para-hydroxylation sites is 1. The van der Waals surface area contributed by atoms with Crippen molar-refractivity contribution in [1.29, 1.82) is 0 Å². The largest absolute Gasteiger partial charge is 0.489 e. The monoisotopic (exact) mass is 330 g/mol. The number of unbranched alkanes of at least 4 members (excludes halogenated alkanes) is 2. The van der Waals surface area contributed by atoms with Gasteiger partial charge in [0.2, 0.25) is 0 Å². The molecule has 3 N–H and O–H groups in total. The number of rotatable bonds is 8. The average molecular weight is 330 g/mol. The second-order valence-electron chi connectivity index (χ2n) is 6.59. The summed E-state index contributed by atoms with van der Waals surface area (Å²) in [6.07, 6.45) is 7.35. The number of fused-ring (bicyclic) bond motifs is 1. The molecule has 0 spiro atoms. The van der Waals surface area contributed by atoms with Gasteiger partial charge >= 0.3 is 0 Å². The highest BCUT2D eigenvalue weighted by molar-refractivity contribution is 5.80. The van der Waals surface area contributed by atoms with Crippen LogP contribution in [0.4, 0.5) is 0 Å². The molecule has 24 heavy (non-hydrogen) atoms. The van der Waals surface area contributed by atoms with Gasteiger partial charge in [0.1, 0.15) is 11.9 Å². The molecule has 0 amide bonds. The maximum atomic E-state index is 6.05. The van der Waals surface area contributed by atoms with Crippen LogP contribution in [0, 0.1) is 0 Å². The van der Waals surface area contributed by atoms with Crippen molar-refractivity contribution in [3.63, 3.8) is 0 Å². The second-order valence-corrected chi connectivity index (χ2v) is 6.59. The van der Waals surface area contributed by atoms with Gasteiger partial charge in [-0.15, -0.1) is 0 Å². The van der Waals surface area contributed by atoms with E-state index in [1.165, 1.54) is 24.8 Å². The van der Waals surface area contributed by atoms with E-state index in [-0.39, 0.29) is 0 Å². The Labute approximate surface area is 145 Å². The first-order valence-electron chi connectivity index (χ1n) is 9.39. The normalized spacial score (nSPS) is 19.7. The van der Waals surface area contributed by atoms with Gasteiger partial charge in [-0.2, -0.15) is 0 Å². The highest BCUT2D eigenvalue weighted by atomic mass is 16.5. The lowest BCUT2D eigenvalue weighted by Crippen LogP contribution is -2.41. The summed E-state index contributed by atoms with van der Waals surface area (Å²) in [5.74, 6) is 2.05. The van der Waals surface area contributed by atoms with Crippen LogP contribution in [-0.4, -0.2) is 44.8 Å². The summed E-state index contributed by atoms with van der Waals surface area (Å²) < 4.78 is 6.05. The number of hydrogen-bond acceptors (Lipinski definition) is 5. The van der Waals surface area contributed by atoms with Crippen molar-refractivity contribution < 1.29 is 4.74 Å². The summed E-state index contributed by atoms with van der Waals surface area (Å²) in [6, 6.07) is 8.39. The minimum absolute atomic E-state index is 0.317. The molecular formula is C19H30N4O. The first-order chi connectivity index (χ1) is 11.9. The first kappa shape index (κ1) is 17.1. The number of ether oxygens (including phenoxy) is 1. The van der Waals surface area contributed by atoms with E-state index in [9.17, 15) is 0 Å². The van der Waals surface area contributed by atoms with Gasteiger partial charge in [-0.1, -0.05) is 24.6 Å². The van der Waals surface area contributed by atoms with Crippen molar-refractivity contribution in [3.8, 4) is 5.75 Å². The molecule has 0 saturated carbocycles. The lowest BCUT2D eigenvalue weighted by atomic mass is 10.0. The predicted molar refractivity (Wildman–Crippen MR) is 98.8 cm³/mol. The molecule has 0 aromatic heterocycles. The Morgan fingerprint density at radius 1 is 1.17 bits per heavy atom. The number of nitrogens with zero attached hydrogens (tertiary/aromatic N) is 1. The zero-order valence-electron chi connectivity index (χ0n) is 14.5. The predicted octanol–water partition coefficient (Wildman–Crippen LogP) is 2.08.